The molecule has 12 aliphatic rings. The zero-order chi connectivity index (χ0) is 69.2. The van der Waals surface area contributed by atoms with Crippen molar-refractivity contribution in [2.24, 2.45) is 71.0 Å². The van der Waals surface area contributed by atoms with Gasteiger partial charge in [0.1, 0.15) is 67.0 Å². The molecule has 12 fully saturated rings. The third-order valence-electron chi connectivity index (χ3n) is 22.9. The van der Waals surface area contributed by atoms with E-state index < -0.39 is 90.3 Å². The van der Waals surface area contributed by atoms with Crippen molar-refractivity contribution in [1.82, 2.24) is 37.2 Å². The van der Waals surface area contributed by atoms with Crippen molar-refractivity contribution in [2.75, 3.05) is 19.6 Å². The molecule has 4 atom stereocenters. The van der Waals surface area contributed by atoms with E-state index in [-0.39, 0.29) is 69.4 Å². The minimum absolute atomic E-state index is 0.0179. The maximum atomic E-state index is 15.2. The van der Waals surface area contributed by atoms with E-state index in [0.29, 0.717) is 96.0 Å². The Morgan fingerprint density at radius 2 is 0.788 bits per heavy atom. The highest BCUT2D eigenvalue weighted by molar-refractivity contribution is 5.96. The van der Waals surface area contributed by atoms with Crippen LogP contribution in [0.1, 0.15) is 172 Å². The number of rotatable bonds is 30. The molecule has 0 unspecified atom stereocenters. The number of hydrogen-bond acceptors (Lipinski definition) is 15. The van der Waals surface area contributed by atoms with Crippen molar-refractivity contribution < 1.29 is 71.6 Å². The van der Waals surface area contributed by atoms with Crippen LogP contribution in [0.4, 0.5) is 19.2 Å². The van der Waals surface area contributed by atoms with E-state index in [0.717, 1.165) is 94.4 Å². The molecule has 15 rings (SSSR count). The number of carbonyl (C=O) groups is 9. The van der Waals surface area contributed by atoms with Gasteiger partial charge in [-0.1, -0.05) is 72.8 Å². The number of carbonyl (C=O) groups excluding carboxylic acids is 9. The minimum Gasteiger partial charge on any atom is -0.460 e. The number of nitrogens with one attached hydrogen (secondary N) is 7. The SMILES string of the molecule is CC(C)(C)OC(=O)N[C@@H](Cc1ccccc1)C(=O)N[C@@H](CCCCNC(=O)OC1C2CC3CC(C2)CC1C3)C(=O)N[C@@H](Cc1ccc(OC(=O)OC2C3CC4CC(C3)CC2C4)cc1)C(=O)N[C@@H](CCCCNC(=O)OC1C2CC3CC(C2)CC1C3)C(=O)NCC(=O)OCc1ccccc1. The fraction of sp³-hybridized carbons (Fsp3) is 0.649. The summed E-state index contributed by atoms with van der Waals surface area (Å²) < 4.78 is 35.0. The van der Waals surface area contributed by atoms with Crippen LogP contribution in [0.25, 0.3) is 0 Å². The first-order valence-electron chi connectivity index (χ1n) is 37.0. The second kappa shape index (κ2) is 32.6. The Balaban J connectivity index is 0.749. The lowest BCUT2D eigenvalue weighted by atomic mass is 9.55. The monoisotopic (exact) mass is 1370 g/mol. The molecule has 12 bridgehead atoms. The lowest BCUT2D eigenvalue weighted by Crippen LogP contribution is -2.59. The van der Waals surface area contributed by atoms with Crippen molar-refractivity contribution in [3.05, 3.63) is 102 Å². The first kappa shape index (κ1) is 70.9. The third kappa shape index (κ3) is 19.6. The van der Waals surface area contributed by atoms with Crippen LogP contribution in [-0.4, -0.2) is 122 Å². The predicted octanol–water partition coefficient (Wildman–Crippen LogP) is 10.5. The number of hydrogen-bond donors (Lipinski definition) is 7. The molecule has 22 nitrogen and oxygen atoms in total. The van der Waals surface area contributed by atoms with Crippen LogP contribution in [0.3, 0.4) is 0 Å². The van der Waals surface area contributed by atoms with Crippen LogP contribution in [0, 0.1) is 71.0 Å². The first-order valence-corrected chi connectivity index (χ1v) is 37.0. The number of benzene rings is 3. The van der Waals surface area contributed by atoms with Crippen LogP contribution in [-0.2, 0) is 67.1 Å². The van der Waals surface area contributed by atoms with E-state index in [1.807, 2.05) is 24.3 Å². The lowest BCUT2D eigenvalue weighted by Gasteiger charge is -2.53. The summed E-state index contributed by atoms with van der Waals surface area (Å²) in [6.45, 7) is 4.99. The average molecular weight is 1370 g/mol. The van der Waals surface area contributed by atoms with Gasteiger partial charge < -0.3 is 65.6 Å². The van der Waals surface area contributed by atoms with E-state index in [1.54, 1.807) is 81.4 Å². The molecular weight excluding hydrogens is 1260 g/mol. The van der Waals surface area contributed by atoms with Crippen molar-refractivity contribution >= 4 is 54.0 Å². The number of ether oxygens (including phenoxy) is 6. The lowest BCUT2D eigenvalue weighted by molar-refractivity contribution is -0.145. The Bertz CT molecular complexity index is 3220. The van der Waals surface area contributed by atoms with E-state index in [2.05, 4.69) is 37.2 Å². The van der Waals surface area contributed by atoms with E-state index in [1.165, 1.54) is 19.3 Å². The largest absolute Gasteiger partial charge is 0.514 e. The van der Waals surface area contributed by atoms with Gasteiger partial charge in [-0.25, -0.2) is 19.2 Å². The molecule has 22 heteroatoms. The molecule has 12 aliphatic carbocycles. The maximum absolute atomic E-state index is 15.2. The molecule has 7 N–H and O–H groups in total. The number of amides is 7. The van der Waals surface area contributed by atoms with Gasteiger partial charge in [0, 0.05) is 25.9 Å². The number of alkyl carbamates (subject to hydrolysis) is 3. The molecule has 0 heterocycles. The van der Waals surface area contributed by atoms with E-state index >= 15 is 9.59 Å². The highest BCUT2D eigenvalue weighted by atomic mass is 16.7. The van der Waals surface area contributed by atoms with Gasteiger partial charge in [0.15, 0.2) is 0 Å². The fourth-order valence-corrected chi connectivity index (χ4v) is 19.2. The summed E-state index contributed by atoms with van der Waals surface area (Å²) in [5, 5.41) is 19.8. The number of esters is 1. The van der Waals surface area contributed by atoms with Crippen molar-refractivity contribution in [1.29, 1.82) is 0 Å². The molecule has 0 saturated heterocycles. The quantitative estimate of drug-likeness (QED) is 0.0141. The molecular formula is C77H103N7O15. The summed E-state index contributed by atoms with van der Waals surface area (Å²) in [6, 6.07) is 19.3. The van der Waals surface area contributed by atoms with Crippen LogP contribution in [0.5, 0.6) is 5.75 Å². The van der Waals surface area contributed by atoms with E-state index in [9.17, 15) is 33.6 Å². The Kier molecular flexibility index (Phi) is 23.4. The highest BCUT2D eigenvalue weighted by Crippen LogP contribution is 2.57. The van der Waals surface area contributed by atoms with Gasteiger partial charge in [-0.3, -0.25) is 24.0 Å². The van der Waals surface area contributed by atoms with Crippen molar-refractivity contribution in [2.45, 2.75) is 223 Å². The predicted molar refractivity (Wildman–Crippen MR) is 365 cm³/mol. The smallest absolute Gasteiger partial charge is 0.460 e. The van der Waals surface area contributed by atoms with E-state index in [4.69, 9.17) is 28.4 Å². The summed E-state index contributed by atoms with van der Waals surface area (Å²) in [6.07, 6.45) is 15.1. The summed E-state index contributed by atoms with van der Waals surface area (Å²) in [7, 11) is 0. The summed E-state index contributed by atoms with van der Waals surface area (Å²) >= 11 is 0. The molecule has 3 aromatic carbocycles. The molecule has 0 spiro atoms. The van der Waals surface area contributed by atoms with Crippen LogP contribution < -0.4 is 42.0 Å². The fourth-order valence-electron chi connectivity index (χ4n) is 19.2. The molecule has 536 valence electrons. The summed E-state index contributed by atoms with van der Waals surface area (Å²) in [5.41, 5.74) is 1.06. The standard InChI is InChI=1S/C77H103N7O15/c1-77(2,3)99-75(92)84-64(41-45-14-6-4-7-15-45)72(89)82-62(19-11-13-25-79-74(91)97-67-56-33-50-27-51(35-56)36-57(67)34-50)70(87)83-63(42-46-20-22-60(23-21-46)95-76(93)98-68-58-37-52-28-53(39-58)40-59(68)38-52)71(88)81-61(69(86)80-43-65(85)94-44-47-16-8-5-9-17-47)18-10-12-24-78-73(90)96-66-54-29-48-26-49(31-54)32-55(66)30-48/h4-9,14-17,20-23,48-59,61-64,66-68H,10-13,18-19,24-44H2,1-3H3,(H,78,90)(H,79,91)(H,80,86)(H,81,88)(H,82,89)(H,83,87)(H,84,92)/t48?,49?,50?,51?,52?,53?,54?,55?,56?,57?,58?,59?,61-,62-,63-,64-,66?,67?,68?/m0/s1. The van der Waals surface area contributed by atoms with Gasteiger partial charge >= 0.3 is 30.4 Å². The zero-order valence-electron chi connectivity index (χ0n) is 57.8. The second-order valence-corrected chi connectivity index (χ2v) is 31.6. The molecule has 3 aromatic rings. The number of unbranched alkanes of at least 4 members (excludes halogenated alkanes) is 2. The highest BCUT2D eigenvalue weighted by Gasteiger charge is 2.53. The normalized spacial score (nSPS) is 28.9. The molecule has 0 radical (unpaired) electrons. The topological polar surface area (TPSA) is 293 Å². The molecule has 99 heavy (non-hydrogen) atoms. The molecule has 0 aliphatic heterocycles. The average Bonchev–Trinajstić information content (AvgIpc) is 0.777. The first-order chi connectivity index (χ1) is 47.7. The summed E-state index contributed by atoms with van der Waals surface area (Å²) in [4.78, 5) is 126. The second-order valence-electron chi connectivity index (χ2n) is 31.6. The van der Waals surface area contributed by atoms with Crippen LogP contribution in [0.2, 0.25) is 0 Å². The van der Waals surface area contributed by atoms with Gasteiger partial charge in [-0.15, -0.1) is 0 Å². The van der Waals surface area contributed by atoms with Crippen molar-refractivity contribution in [3.8, 4) is 5.75 Å². The molecule has 12 saturated carbocycles. The maximum Gasteiger partial charge on any atom is 0.514 e. The molecule has 7 amide bonds. The Hall–Kier alpha value is -7.91. The zero-order valence-corrected chi connectivity index (χ0v) is 57.8. The van der Waals surface area contributed by atoms with Crippen LogP contribution >= 0.6 is 0 Å². The van der Waals surface area contributed by atoms with Gasteiger partial charge in [0.2, 0.25) is 23.6 Å². The Morgan fingerprint density at radius 1 is 0.404 bits per heavy atom. The van der Waals surface area contributed by atoms with Gasteiger partial charge in [-0.05, 0) is 255 Å². The Morgan fingerprint density at radius 3 is 1.23 bits per heavy atom. The third-order valence-corrected chi connectivity index (χ3v) is 22.9. The minimum atomic E-state index is -1.43. The van der Waals surface area contributed by atoms with Gasteiger partial charge in [-0.2, -0.15) is 0 Å². The molecule has 0 aromatic heterocycles. The van der Waals surface area contributed by atoms with Gasteiger partial charge in [0.25, 0.3) is 0 Å². The van der Waals surface area contributed by atoms with Crippen molar-refractivity contribution in [3.63, 3.8) is 0 Å². The van der Waals surface area contributed by atoms with Crippen LogP contribution in [0.15, 0.2) is 84.9 Å². The van der Waals surface area contributed by atoms with Gasteiger partial charge in [0.05, 0.1) is 0 Å². The summed E-state index contributed by atoms with van der Waals surface area (Å²) in [5.74, 6) is 2.94. The Labute approximate surface area is 581 Å².